The van der Waals surface area contributed by atoms with Crippen molar-refractivity contribution in [3.05, 3.63) is 42.0 Å². The highest BCUT2D eigenvalue weighted by Gasteiger charge is 2.03. The maximum atomic E-state index is 11.7. The Balaban J connectivity index is 1.72. The van der Waals surface area contributed by atoms with Crippen molar-refractivity contribution in [3.8, 4) is 6.07 Å². The molecule has 0 aliphatic carbocycles. The van der Waals surface area contributed by atoms with E-state index < -0.39 is 0 Å². The van der Waals surface area contributed by atoms with Gasteiger partial charge in [-0.1, -0.05) is 6.07 Å². The standard InChI is InChI=1S/C14H16N6O/c1-20-10-17-19-13(20)6-3-7-16-14(21)18-12-5-2-4-11(8-12)9-15/h2,4-5,8,10H,3,6-7H2,1H3,(H2,16,18,21). The summed E-state index contributed by atoms with van der Waals surface area (Å²) in [6, 6.07) is 8.51. The lowest BCUT2D eigenvalue weighted by Crippen LogP contribution is -2.29. The summed E-state index contributed by atoms with van der Waals surface area (Å²) in [4.78, 5) is 11.7. The zero-order valence-electron chi connectivity index (χ0n) is 11.7. The number of nitrogens with zero attached hydrogens (tertiary/aromatic N) is 4. The van der Waals surface area contributed by atoms with E-state index in [0.29, 0.717) is 17.8 Å². The van der Waals surface area contributed by atoms with Crippen LogP contribution in [0.3, 0.4) is 0 Å². The number of amides is 2. The van der Waals surface area contributed by atoms with Gasteiger partial charge in [-0.25, -0.2) is 4.79 Å². The first-order valence-electron chi connectivity index (χ1n) is 6.57. The molecule has 0 aliphatic heterocycles. The van der Waals surface area contributed by atoms with Gasteiger partial charge in [0, 0.05) is 25.7 Å². The van der Waals surface area contributed by atoms with Gasteiger partial charge in [0.15, 0.2) is 0 Å². The fraction of sp³-hybridized carbons (Fsp3) is 0.286. The second-order valence-electron chi connectivity index (χ2n) is 4.54. The summed E-state index contributed by atoms with van der Waals surface area (Å²) in [5.74, 6) is 0.888. The van der Waals surface area contributed by atoms with E-state index in [1.54, 1.807) is 30.6 Å². The third-order valence-corrected chi connectivity index (χ3v) is 2.92. The number of rotatable bonds is 5. The Bertz CT molecular complexity index is 657. The van der Waals surface area contributed by atoms with Crippen LogP contribution in [0.15, 0.2) is 30.6 Å². The maximum absolute atomic E-state index is 11.7. The van der Waals surface area contributed by atoms with E-state index in [4.69, 9.17) is 5.26 Å². The number of urea groups is 1. The van der Waals surface area contributed by atoms with Crippen LogP contribution in [0.4, 0.5) is 10.5 Å². The molecule has 2 N–H and O–H groups in total. The molecule has 108 valence electrons. The van der Waals surface area contributed by atoms with Crippen LogP contribution in [-0.2, 0) is 13.5 Å². The monoisotopic (exact) mass is 284 g/mol. The van der Waals surface area contributed by atoms with Crippen molar-refractivity contribution in [2.24, 2.45) is 7.05 Å². The predicted molar refractivity (Wildman–Crippen MR) is 77.5 cm³/mol. The lowest BCUT2D eigenvalue weighted by atomic mass is 10.2. The molecular formula is C14H16N6O. The summed E-state index contributed by atoms with van der Waals surface area (Å²) in [7, 11) is 1.89. The normalized spacial score (nSPS) is 9.90. The fourth-order valence-electron chi connectivity index (χ4n) is 1.82. The molecule has 0 bridgehead atoms. The molecule has 1 heterocycles. The minimum absolute atomic E-state index is 0.289. The fourth-order valence-corrected chi connectivity index (χ4v) is 1.82. The summed E-state index contributed by atoms with van der Waals surface area (Å²) in [5, 5.41) is 22.0. The highest BCUT2D eigenvalue weighted by atomic mass is 16.2. The zero-order chi connectivity index (χ0) is 15.1. The van der Waals surface area contributed by atoms with E-state index >= 15 is 0 Å². The van der Waals surface area contributed by atoms with Gasteiger partial charge in [-0.2, -0.15) is 5.26 Å². The molecule has 0 radical (unpaired) electrons. The van der Waals surface area contributed by atoms with Crippen LogP contribution in [0.1, 0.15) is 17.8 Å². The van der Waals surface area contributed by atoms with Gasteiger partial charge in [0.1, 0.15) is 12.2 Å². The number of carbonyl (C=O) groups excluding carboxylic acids is 1. The van der Waals surface area contributed by atoms with E-state index in [-0.39, 0.29) is 6.03 Å². The van der Waals surface area contributed by atoms with E-state index in [0.717, 1.165) is 18.7 Å². The number of aryl methyl sites for hydroxylation is 2. The summed E-state index contributed by atoms with van der Waals surface area (Å²) in [6.45, 7) is 0.538. The topological polar surface area (TPSA) is 95.6 Å². The molecule has 2 aromatic rings. The van der Waals surface area contributed by atoms with E-state index in [2.05, 4.69) is 20.8 Å². The third kappa shape index (κ3) is 4.31. The van der Waals surface area contributed by atoms with Crippen molar-refractivity contribution < 1.29 is 4.79 Å². The van der Waals surface area contributed by atoms with Gasteiger partial charge in [0.2, 0.25) is 0 Å². The van der Waals surface area contributed by atoms with E-state index in [9.17, 15) is 4.79 Å². The van der Waals surface area contributed by atoms with Crippen LogP contribution in [0.2, 0.25) is 0 Å². The summed E-state index contributed by atoms with van der Waals surface area (Å²) in [6.07, 6.45) is 3.18. The average molecular weight is 284 g/mol. The number of nitriles is 1. The largest absolute Gasteiger partial charge is 0.338 e. The number of hydrogen-bond donors (Lipinski definition) is 2. The molecule has 21 heavy (non-hydrogen) atoms. The van der Waals surface area contributed by atoms with Gasteiger partial charge in [0.05, 0.1) is 11.6 Å². The second-order valence-corrected chi connectivity index (χ2v) is 4.54. The Kier molecular flexibility index (Phi) is 4.88. The number of anilines is 1. The Hall–Kier alpha value is -2.88. The molecule has 2 rings (SSSR count). The molecular weight excluding hydrogens is 268 g/mol. The SMILES string of the molecule is Cn1cnnc1CCCNC(=O)Nc1cccc(C#N)c1. The van der Waals surface area contributed by atoms with Gasteiger partial charge in [-0.15, -0.1) is 10.2 Å². The van der Waals surface area contributed by atoms with Gasteiger partial charge in [-0.3, -0.25) is 0 Å². The van der Waals surface area contributed by atoms with Crippen LogP contribution in [0.25, 0.3) is 0 Å². The molecule has 0 unspecified atom stereocenters. The molecule has 2 amide bonds. The quantitative estimate of drug-likeness (QED) is 0.812. The first kappa shape index (κ1) is 14.5. The molecule has 0 aliphatic rings. The summed E-state index contributed by atoms with van der Waals surface area (Å²) in [5.41, 5.74) is 1.11. The van der Waals surface area contributed by atoms with Crippen molar-refractivity contribution >= 4 is 11.7 Å². The summed E-state index contributed by atoms with van der Waals surface area (Å²) < 4.78 is 1.85. The lowest BCUT2D eigenvalue weighted by molar-refractivity contribution is 0.252. The van der Waals surface area contributed by atoms with Crippen LogP contribution in [0, 0.1) is 11.3 Å². The Labute approximate surface area is 122 Å². The molecule has 7 heteroatoms. The molecule has 1 aromatic heterocycles. The van der Waals surface area contributed by atoms with Gasteiger partial charge in [-0.05, 0) is 24.6 Å². The predicted octanol–water partition coefficient (Wildman–Crippen LogP) is 1.44. The van der Waals surface area contributed by atoms with Crippen molar-refractivity contribution in [2.45, 2.75) is 12.8 Å². The number of nitrogens with one attached hydrogen (secondary N) is 2. The average Bonchev–Trinajstić information content (AvgIpc) is 2.89. The van der Waals surface area contributed by atoms with E-state index in [1.807, 2.05) is 17.7 Å². The molecule has 0 fully saturated rings. The van der Waals surface area contributed by atoms with Gasteiger partial charge < -0.3 is 15.2 Å². The van der Waals surface area contributed by atoms with Crippen LogP contribution < -0.4 is 10.6 Å². The van der Waals surface area contributed by atoms with Crippen molar-refractivity contribution in [2.75, 3.05) is 11.9 Å². The maximum Gasteiger partial charge on any atom is 0.319 e. The molecule has 1 aromatic carbocycles. The van der Waals surface area contributed by atoms with Gasteiger partial charge >= 0.3 is 6.03 Å². The number of carbonyl (C=O) groups is 1. The van der Waals surface area contributed by atoms with Crippen LogP contribution >= 0.6 is 0 Å². The smallest absolute Gasteiger partial charge is 0.319 e. The van der Waals surface area contributed by atoms with Crippen LogP contribution in [0.5, 0.6) is 0 Å². The minimum Gasteiger partial charge on any atom is -0.338 e. The Morgan fingerprint density at radius 3 is 3.05 bits per heavy atom. The Morgan fingerprint density at radius 2 is 2.33 bits per heavy atom. The molecule has 7 nitrogen and oxygen atoms in total. The van der Waals surface area contributed by atoms with Crippen molar-refractivity contribution in [1.82, 2.24) is 20.1 Å². The van der Waals surface area contributed by atoms with E-state index in [1.165, 1.54) is 0 Å². The minimum atomic E-state index is -0.289. The Morgan fingerprint density at radius 1 is 1.48 bits per heavy atom. The van der Waals surface area contributed by atoms with Crippen LogP contribution in [-0.4, -0.2) is 27.3 Å². The van der Waals surface area contributed by atoms with Crippen molar-refractivity contribution in [3.63, 3.8) is 0 Å². The molecule has 0 atom stereocenters. The second kappa shape index (κ2) is 7.05. The van der Waals surface area contributed by atoms with Gasteiger partial charge in [0.25, 0.3) is 0 Å². The number of benzene rings is 1. The third-order valence-electron chi connectivity index (χ3n) is 2.92. The number of hydrogen-bond acceptors (Lipinski definition) is 4. The highest BCUT2D eigenvalue weighted by Crippen LogP contribution is 2.09. The van der Waals surface area contributed by atoms with Crippen molar-refractivity contribution in [1.29, 1.82) is 5.26 Å². The molecule has 0 saturated carbocycles. The first-order valence-corrected chi connectivity index (χ1v) is 6.57. The first-order chi connectivity index (χ1) is 10.2. The molecule has 0 saturated heterocycles. The zero-order valence-corrected chi connectivity index (χ0v) is 11.7. The molecule has 0 spiro atoms. The highest BCUT2D eigenvalue weighted by molar-refractivity contribution is 5.89. The lowest BCUT2D eigenvalue weighted by Gasteiger charge is -2.07. The summed E-state index contributed by atoms with van der Waals surface area (Å²) >= 11 is 0. The number of aromatic nitrogens is 3.